The van der Waals surface area contributed by atoms with Crippen LogP contribution in [0.4, 0.5) is 0 Å². The zero-order valence-electron chi connectivity index (χ0n) is 16.3. The average Bonchev–Trinajstić information content (AvgIpc) is 2.64. The molecule has 27 heavy (non-hydrogen) atoms. The van der Waals surface area contributed by atoms with Crippen LogP contribution < -0.4 is 0 Å². The standard InChI is InChI=1S/C22H27NO3S/c1-15(2)23(16(3)4)22-19-13-9-8-12-18(19)20(24)14-21(22)27(25,26)17-10-6-5-7-11-17/h5-13,15-16,20,24H,14H2,1-4H3. The van der Waals surface area contributed by atoms with Crippen molar-refractivity contribution in [1.82, 2.24) is 4.90 Å². The van der Waals surface area contributed by atoms with Crippen LogP contribution in [-0.2, 0) is 9.84 Å². The van der Waals surface area contributed by atoms with Crippen molar-refractivity contribution >= 4 is 15.5 Å². The lowest BCUT2D eigenvalue weighted by Crippen LogP contribution is -2.38. The molecule has 2 aromatic rings. The number of hydrogen-bond donors (Lipinski definition) is 1. The van der Waals surface area contributed by atoms with Crippen molar-refractivity contribution in [1.29, 1.82) is 0 Å². The monoisotopic (exact) mass is 385 g/mol. The van der Waals surface area contributed by atoms with Gasteiger partial charge in [0.1, 0.15) is 0 Å². The van der Waals surface area contributed by atoms with Crippen LogP contribution >= 0.6 is 0 Å². The molecule has 1 N–H and O–H groups in total. The van der Waals surface area contributed by atoms with Gasteiger partial charge in [-0.15, -0.1) is 0 Å². The Kier molecular flexibility index (Phi) is 5.45. The van der Waals surface area contributed by atoms with Gasteiger partial charge in [-0.3, -0.25) is 0 Å². The second-order valence-corrected chi connectivity index (χ2v) is 9.46. The average molecular weight is 386 g/mol. The number of nitrogens with zero attached hydrogens (tertiary/aromatic N) is 1. The van der Waals surface area contributed by atoms with Crippen LogP contribution in [0.1, 0.15) is 51.3 Å². The summed E-state index contributed by atoms with van der Waals surface area (Å²) in [5.41, 5.74) is 2.30. The van der Waals surface area contributed by atoms with Gasteiger partial charge < -0.3 is 10.0 Å². The molecule has 0 spiro atoms. The van der Waals surface area contributed by atoms with Gasteiger partial charge in [0.2, 0.25) is 9.84 Å². The Labute approximate surface area is 162 Å². The first-order valence-corrected chi connectivity index (χ1v) is 10.8. The zero-order valence-corrected chi connectivity index (χ0v) is 17.1. The zero-order chi connectivity index (χ0) is 19.8. The maximum Gasteiger partial charge on any atom is 0.204 e. The van der Waals surface area contributed by atoms with Gasteiger partial charge in [-0.05, 0) is 45.4 Å². The Balaban J connectivity index is 2.35. The molecule has 0 radical (unpaired) electrons. The maximum absolute atomic E-state index is 13.5. The van der Waals surface area contributed by atoms with Gasteiger partial charge >= 0.3 is 0 Å². The molecule has 1 aliphatic carbocycles. The molecule has 4 nitrogen and oxygen atoms in total. The highest BCUT2D eigenvalue weighted by Gasteiger charge is 2.36. The van der Waals surface area contributed by atoms with Crippen molar-refractivity contribution in [3.63, 3.8) is 0 Å². The molecule has 3 rings (SSSR count). The van der Waals surface area contributed by atoms with Crippen LogP contribution in [0.3, 0.4) is 0 Å². The predicted molar refractivity (Wildman–Crippen MR) is 109 cm³/mol. The Morgan fingerprint density at radius 2 is 1.48 bits per heavy atom. The minimum absolute atomic E-state index is 0.0829. The number of aliphatic hydroxyl groups is 1. The number of aliphatic hydroxyl groups excluding tert-OH is 1. The lowest BCUT2D eigenvalue weighted by molar-refractivity contribution is 0.174. The highest BCUT2D eigenvalue weighted by molar-refractivity contribution is 7.95. The summed E-state index contributed by atoms with van der Waals surface area (Å²) < 4.78 is 27.0. The van der Waals surface area contributed by atoms with Crippen molar-refractivity contribution in [3.05, 3.63) is 70.6 Å². The Morgan fingerprint density at radius 1 is 0.926 bits per heavy atom. The first-order valence-electron chi connectivity index (χ1n) is 9.34. The third kappa shape index (κ3) is 3.54. The van der Waals surface area contributed by atoms with E-state index < -0.39 is 15.9 Å². The van der Waals surface area contributed by atoms with Crippen molar-refractivity contribution < 1.29 is 13.5 Å². The van der Waals surface area contributed by atoms with Crippen LogP contribution in [0.15, 0.2) is 64.4 Å². The maximum atomic E-state index is 13.5. The summed E-state index contributed by atoms with van der Waals surface area (Å²) in [5, 5.41) is 10.7. The lowest BCUT2D eigenvalue weighted by atomic mass is 9.90. The summed E-state index contributed by atoms with van der Waals surface area (Å²) >= 11 is 0. The Hall–Kier alpha value is -2.11. The van der Waals surface area contributed by atoms with E-state index in [0.29, 0.717) is 10.6 Å². The van der Waals surface area contributed by atoms with E-state index in [0.717, 1.165) is 11.1 Å². The molecule has 0 saturated carbocycles. The van der Waals surface area contributed by atoms with E-state index in [1.54, 1.807) is 30.3 Å². The van der Waals surface area contributed by atoms with E-state index in [2.05, 4.69) is 32.6 Å². The van der Waals surface area contributed by atoms with Gasteiger partial charge in [-0.1, -0.05) is 42.5 Å². The molecule has 0 aliphatic heterocycles. The van der Waals surface area contributed by atoms with Gasteiger partial charge in [0, 0.05) is 24.1 Å². The topological polar surface area (TPSA) is 57.6 Å². The number of sulfone groups is 1. The first-order chi connectivity index (χ1) is 12.7. The van der Waals surface area contributed by atoms with Crippen molar-refractivity contribution in [3.8, 4) is 0 Å². The fraction of sp³-hybridized carbons (Fsp3) is 0.364. The Morgan fingerprint density at radius 3 is 2.07 bits per heavy atom. The second-order valence-electron chi connectivity index (χ2n) is 7.49. The number of fused-ring (bicyclic) bond motifs is 1. The van der Waals surface area contributed by atoms with Gasteiger partial charge in [-0.2, -0.15) is 0 Å². The number of hydrogen-bond acceptors (Lipinski definition) is 4. The van der Waals surface area contributed by atoms with Crippen LogP contribution in [-0.4, -0.2) is 30.5 Å². The molecule has 0 aromatic heterocycles. The highest BCUT2D eigenvalue weighted by atomic mass is 32.2. The molecule has 0 saturated heterocycles. The van der Waals surface area contributed by atoms with Crippen LogP contribution in [0, 0.1) is 0 Å². The molecule has 1 aliphatic rings. The third-order valence-corrected chi connectivity index (χ3v) is 6.87. The lowest BCUT2D eigenvalue weighted by Gasteiger charge is -2.40. The largest absolute Gasteiger partial charge is 0.388 e. The van der Waals surface area contributed by atoms with Crippen LogP contribution in [0.5, 0.6) is 0 Å². The molecular weight excluding hydrogens is 358 g/mol. The van der Waals surface area contributed by atoms with Crippen molar-refractivity contribution in [2.45, 2.75) is 57.2 Å². The minimum atomic E-state index is -3.72. The van der Waals surface area contributed by atoms with E-state index >= 15 is 0 Å². The first kappa shape index (κ1) is 19.6. The smallest absolute Gasteiger partial charge is 0.204 e. The quantitative estimate of drug-likeness (QED) is 0.830. The summed E-state index contributed by atoms with van der Waals surface area (Å²) in [7, 11) is -3.72. The highest BCUT2D eigenvalue weighted by Crippen LogP contribution is 2.44. The third-order valence-electron chi connectivity index (χ3n) is 4.97. The van der Waals surface area contributed by atoms with Crippen LogP contribution in [0.25, 0.3) is 5.70 Å². The molecular formula is C22H27NO3S. The molecule has 0 amide bonds. The minimum Gasteiger partial charge on any atom is -0.388 e. The number of benzene rings is 2. The van der Waals surface area contributed by atoms with E-state index in [4.69, 9.17) is 0 Å². The van der Waals surface area contributed by atoms with Crippen molar-refractivity contribution in [2.75, 3.05) is 0 Å². The summed E-state index contributed by atoms with van der Waals surface area (Å²) in [6.45, 7) is 8.25. The molecule has 0 heterocycles. The van der Waals surface area contributed by atoms with E-state index in [1.807, 2.05) is 24.3 Å². The summed E-state index contributed by atoms with van der Waals surface area (Å²) in [6, 6.07) is 16.3. The van der Waals surface area contributed by atoms with Crippen LogP contribution in [0.2, 0.25) is 0 Å². The van der Waals surface area contributed by atoms with Crippen molar-refractivity contribution in [2.24, 2.45) is 0 Å². The normalized spacial score (nSPS) is 17.4. The van der Waals surface area contributed by atoms with Gasteiger partial charge in [0.15, 0.2) is 0 Å². The van der Waals surface area contributed by atoms with Gasteiger partial charge in [-0.25, -0.2) is 8.42 Å². The fourth-order valence-electron chi connectivity index (χ4n) is 3.91. The SMILES string of the molecule is CC(C)N(C1=C(S(=O)(=O)c2ccccc2)CC(O)c2ccccc21)C(C)C. The molecule has 5 heteroatoms. The molecule has 2 aromatic carbocycles. The fourth-order valence-corrected chi connectivity index (χ4v) is 5.56. The molecule has 1 unspecified atom stereocenters. The molecule has 0 fully saturated rings. The Bertz CT molecular complexity index is 939. The molecule has 0 bridgehead atoms. The summed E-state index contributed by atoms with van der Waals surface area (Å²) in [5.74, 6) is 0. The van der Waals surface area contributed by atoms with Gasteiger partial charge in [0.05, 0.1) is 21.6 Å². The van der Waals surface area contributed by atoms with E-state index in [9.17, 15) is 13.5 Å². The van der Waals surface area contributed by atoms with E-state index in [1.165, 1.54) is 0 Å². The molecule has 1 atom stereocenters. The second kappa shape index (κ2) is 7.49. The number of rotatable bonds is 5. The summed E-state index contributed by atoms with van der Waals surface area (Å²) in [4.78, 5) is 2.69. The van der Waals surface area contributed by atoms with Gasteiger partial charge in [0.25, 0.3) is 0 Å². The predicted octanol–water partition coefficient (Wildman–Crippen LogP) is 4.39. The van der Waals surface area contributed by atoms with E-state index in [-0.39, 0.29) is 23.4 Å². The molecule has 144 valence electrons. The summed E-state index contributed by atoms with van der Waals surface area (Å²) in [6.07, 6.45) is -0.751.